The molecule has 0 radical (unpaired) electrons. The number of hydrogen-bond donors (Lipinski definition) is 2. The maximum Gasteiger partial charge on any atom is 0.256 e. The zero-order valence-corrected chi connectivity index (χ0v) is 15.5. The zero-order valence-electron chi connectivity index (χ0n) is 14.7. The zero-order chi connectivity index (χ0) is 18.4. The van der Waals surface area contributed by atoms with Gasteiger partial charge in [0, 0.05) is 22.8 Å². The molecular formula is C19H20N4O2S. The third-order valence-corrected chi connectivity index (χ3v) is 6.00. The van der Waals surface area contributed by atoms with Crippen LogP contribution in [0.25, 0.3) is 5.65 Å². The Morgan fingerprint density at radius 1 is 1.42 bits per heavy atom. The summed E-state index contributed by atoms with van der Waals surface area (Å²) in [5.74, 6) is -0.162. The van der Waals surface area contributed by atoms with Crippen molar-refractivity contribution in [2.24, 2.45) is 11.7 Å². The monoisotopic (exact) mass is 368 g/mol. The Labute approximate surface area is 155 Å². The molecule has 1 atom stereocenters. The van der Waals surface area contributed by atoms with Crippen molar-refractivity contribution < 1.29 is 9.59 Å². The number of rotatable bonds is 3. The molecule has 0 aliphatic heterocycles. The maximum atomic E-state index is 12.7. The van der Waals surface area contributed by atoms with Crippen LogP contribution in [0.1, 0.15) is 50.2 Å². The van der Waals surface area contributed by atoms with E-state index < -0.39 is 5.91 Å². The van der Waals surface area contributed by atoms with Crippen molar-refractivity contribution in [2.45, 2.75) is 33.1 Å². The number of anilines is 1. The van der Waals surface area contributed by atoms with Crippen molar-refractivity contribution >= 4 is 33.8 Å². The fraction of sp³-hybridized carbons (Fsp3) is 0.316. The number of aryl methyl sites for hydroxylation is 1. The van der Waals surface area contributed by atoms with E-state index in [1.807, 2.05) is 17.5 Å². The molecular weight excluding hydrogens is 348 g/mol. The van der Waals surface area contributed by atoms with Gasteiger partial charge < -0.3 is 15.5 Å². The molecule has 6 nitrogen and oxygen atoms in total. The van der Waals surface area contributed by atoms with E-state index in [0.717, 1.165) is 35.4 Å². The first kappa shape index (κ1) is 16.8. The highest BCUT2D eigenvalue weighted by molar-refractivity contribution is 7.17. The lowest BCUT2D eigenvalue weighted by Crippen LogP contribution is -2.19. The number of thiophene rings is 1. The smallest absolute Gasteiger partial charge is 0.256 e. The maximum absolute atomic E-state index is 12.7. The predicted molar refractivity (Wildman–Crippen MR) is 102 cm³/mol. The van der Waals surface area contributed by atoms with Gasteiger partial charge in [0.2, 0.25) is 0 Å². The molecule has 0 spiro atoms. The van der Waals surface area contributed by atoms with Crippen LogP contribution in [0, 0.1) is 12.8 Å². The fourth-order valence-corrected chi connectivity index (χ4v) is 4.94. The van der Waals surface area contributed by atoms with Gasteiger partial charge >= 0.3 is 0 Å². The second-order valence-electron chi connectivity index (χ2n) is 6.94. The summed E-state index contributed by atoms with van der Waals surface area (Å²) in [6, 6.07) is 3.48. The molecule has 4 rings (SSSR count). The van der Waals surface area contributed by atoms with Crippen molar-refractivity contribution in [3.63, 3.8) is 0 Å². The van der Waals surface area contributed by atoms with Crippen LogP contribution < -0.4 is 11.1 Å². The van der Waals surface area contributed by atoms with Crippen LogP contribution in [0.5, 0.6) is 0 Å². The average Bonchev–Trinajstić information content (AvgIpc) is 3.12. The topological polar surface area (TPSA) is 89.5 Å². The Kier molecular flexibility index (Phi) is 4.03. The molecule has 3 heterocycles. The number of pyridine rings is 1. The molecule has 3 aromatic heterocycles. The highest BCUT2D eigenvalue weighted by atomic mass is 32.1. The summed E-state index contributed by atoms with van der Waals surface area (Å²) in [5, 5.41) is 3.45. The number of primary amides is 1. The summed E-state index contributed by atoms with van der Waals surface area (Å²) in [5.41, 5.74) is 9.20. The van der Waals surface area contributed by atoms with Crippen LogP contribution in [0.3, 0.4) is 0 Å². The molecule has 3 aromatic rings. The van der Waals surface area contributed by atoms with E-state index >= 15 is 0 Å². The van der Waals surface area contributed by atoms with Gasteiger partial charge in [0.1, 0.15) is 10.6 Å². The Bertz CT molecular complexity index is 1030. The molecule has 134 valence electrons. The van der Waals surface area contributed by atoms with E-state index in [9.17, 15) is 9.59 Å². The van der Waals surface area contributed by atoms with E-state index in [1.165, 1.54) is 11.3 Å². The number of nitrogens with one attached hydrogen (secondary N) is 1. The van der Waals surface area contributed by atoms with Crippen molar-refractivity contribution in [2.75, 3.05) is 5.32 Å². The predicted octanol–water partition coefficient (Wildman–Crippen LogP) is 3.18. The molecule has 0 bridgehead atoms. The quantitative estimate of drug-likeness (QED) is 0.744. The summed E-state index contributed by atoms with van der Waals surface area (Å²) < 4.78 is 1.87. The second-order valence-corrected chi connectivity index (χ2v) is 8.04. The standard InChI is InChI=1S/C19H20N4O2S/c1-10-3-4-13-14(7-10)26-19(16(13)17(20)24)22-18(25)12-5-6-23-9-11(2)21-15(23)8-12/h5-6,8-10H,3-4,7H2,1-2H3,(H2,20,24)(H,22,25). The Morgan fingerprint density at radius 3 is 3.00 bits per heavy atom. The van der Waals surface area contributed by atoms with Crippen molar-refractivity contribution in [3.8, 4) is 0 Å². The SMILES string of the molecule is Cc1cn2ccc(C(=O)Nc3sc4c(c3C(N)=O)CCC(C)C4)cc2n1. The van der Waals surface area contributed by atoms with Crippen molar-refractivity contribution in [3.05, 3.63) is 51.8 Å². The van der Waals surface area contributed by atoms with Gasteiger partial charge in [-0.15, -0.1) is 11.3 Å². The lowest BCUT2D eigenvalue weighted by Gasteiger charge is -2.18. The molecule has 3 N–H and O–H groups in total. The Balaban J connectivity index is 1.67. The van der Waals surface area contributed by atoms with E-state index in [0.29, 0.717) is 27.7 Å². The van der Waals surface area contributed by atoms with Gasteiger partial charge in [-0.3, -0.25) is 9.59 Å². The van der Waals surface area contributed by atoms with E-state index in [4.69, 9.17) is 5.73 Å². The average molecular weight is 368 g/mol. The molecule has 1 aliphatic carbocycles. The molecule has 7 heteroatoms. The van der Waals surface area contributed by atoms with Gasteiger partial charge in [0.25, 0.3) is 11.8 Å². The minimum absolute atomic E-state index is 0.262. The van der Waals surface area contributed by atoms with Gasteiger partial charge in [-0.1, -0.05) is 6.92 Å². The van der Waals surface area contributed by atoms with E-state index in [1.54, 1.807) is 18.3 Å². The van der Waals surface area contributed by atoms with Gasteiger partial charge in [0.15, 0.2) is 0 Å². The van der Waals surface area contributed by atoms with E-state index in [2.05, 4.69) is 17.2 Å². The number of hydrogen-bond acceptors (Lipinski definition) is 4. The highest BCUT2D eigenvalue weighted by Gasteiger charge is 2.27. The van der Waals surface area contributed by atoms with Gasteiger partial charge in [0.05, 0.1) is 11.3 Å². The van der Waals surface area contributed by atoms with Crippen LogP contribution in [-0.2, 0) is 12.8 Å². The van der Waals surface area contributed by atoms with Crippen LogP contribution in [-0.4, -0.2) is 21.2 Å². The molecule has 0 saturated carbocycles. The largest absolute Gasteiger partial charge is 0.365 e. The van der Waals surface area contributed by atoms with Crippen LogP contribution in [0.15, 0.2) is 24.5 Å². The van der Waals surface area contributed by atoms with Crippen LogP contribution in [0.2, 0.25) is 0 Å². The minimum Gasteiger partial charge on any atom is -0.365 e. The number of amides is 2. The first-order chi connectivity index (χ1) is 12.4. The first-order valence-corrected chi connectivity index (χ1v) is 9.45. The minimum atomic E-state index is -0.480. The number of imidazole rings is 1. The number of nitrogens with zero attached hydrogens (tertiary/aromatic N) is 2. The number of nitrogens with two attached hydrogens (primary N) is 1. The van der Waals surface area contributed by atoms with Gasteiger partial charge in [-0.25, -0.2) is 4.98 Å². The van der Waals surface area contributed by atoms with Crippen LogP contribution in [0.4, 0.5) is 5.00 Å². The number of carbonyl (C=O) groups excluding carboxylic acids is 2. The first-order valence-electron chi connectivity index (χ1n) is 8.63. The number of fused-ring (bicyclic) bond motifs is 2. The fourth-order valence-electron chi connectivity index (χ4n) is 3.52. The lowest BCUT2D eigenvalue weighted by atomic mass is 9.88. The van der Waals surface area contributed by atoms with Gasteiger partial charge in [-0.2, -0.15) is 0 Å². The molecule has 0 aromatic carbocycles. The van der Waals surface area contributed by atoms with Crippen molar-refractivity contribution in [1.82, 2.24) is 9.38 Å². The molecule has 0 fully saturated rings. The third kappa shape index (κ3) is 2.88. The Morgan fingerprint density at radius 2 is 2.23 bits per heavy atom. The van der Waals surface area contributed by atoms with Crippen molar-refractivity contribution in [1.29, 1.82) is 0 Å². The number of carbonyl (C=O) groups is 2. The van der Waals surface area contributed by atoms with Gasteiger partial charge in [-0.05, 0) is 49.8 Å². The molecule has 0 saturated heterocycles. The summed E-state index contributed by atoms with van der Waals surface area (Å²) >= 11 is 1.47. The second kappa shape index (κ2) is 6.25. The number of aromatic nitrogens is 2. The lowest BCUT2D eigenvalue weighted by molar-refractivity contribution is 0.1000. The summed E-state index contributed by atoms with van der Waals surface area (Å²) in [6.45, 7) is 4.11. The van der Waals surface area contributed by atoms with Crippen LogP contribution >= 0.6 is 11.3 Å². The molecule has 26 heavy (non-hydrogen) atoms. The third-order valence-electron chi connectivity index (χ3n) is 4.83. The molecule has 1 aliphatic rings. The van der Waals surface area contributed by atoms with E-state index in [-0.39, 0.29) is 5.91 Å². The summed E-state index contributed by atoms with van der Waals surface area (Å²) in [4.78, 5) is 30.3. The summed E-state index contributed by atoms with van der Waals surface area (Å²) in [6.07, 6.45) is 6.50. The normalized spacial score (nSPS) is 16.5. The highest BCUT2D eigenvalue weighted by Crippen LogP contribution is 2.39. The summed E-state index contributed by atoms with van der Waals surface area (Å²) in [7, 11) is 0. The molecule has 2 amide bonds. The molecule has 1 unspecified atom stereocenters. The Hall–Kier alpha value is -2.67.